The summed E-state index contributed by atoms with van der Waals surface area (Å²) in [5.74, 6) is -0.100. The fourth-order valence-corrected chi connectivity index (χ4v) is 1.71. The Morgan fingerprint density at radius 1 is 0.762 bits per heavy atom. The van der Waals surface area contributed by atoms with Crippen molar-refractivity contribution < 1.29 is 20.3 Å². The first-order chi connectivity index (χ1) is 9.97. The third-order valence-corrected chi connectivity index (χ3v) is 3.13. The maximum absolute atomic E-state index is 8.98. The topological polar surface area (TPSA) is 80.9 Å². The fraction of sp³-hybridized carbons (Fsp3) is 0.250. The van der Waals surface area contributed by atoms with Gasteiger partial charge in [0.25, 0.3) is 0 Å². The van der Waals surface area contributed by atoms with E-state index in [1.54, 1.807) is 24.3 Å². The molecular formula is C16H21BO4. The van der Waals surface area contributed by atoms with Crippen LogP contribution in [0.4, 0.5) is 0 Å². The summed E-state index contributed by atoms with van der Waals surface area (Å²) in [7, 11) is -1.35. The number of phenolic OH excluding ortho intramolecular Hbond substituents is 2. The van der Waals surface area contributed by atoms with Gasteiger partial charge in [-0.05, 0) is 41.6 Å². The maximum atomic E-state index is 8.98. The Morgan fingerprint density at radius 3 is 1.71 bits per heavy atom. The lowest BCUT2D eigenvalue weighted by Crippen LogP contribution is -2.29. The Bertz CT molecular complexity index is 553. The number of aromatic hydroxyl groups is 2. The molecular weight excluding hydrogens is 267 g/mol. The molecule has 0 aliphatic heterocycles. The zero-order valence-corrected chi connectivity index (χ0v) is 12.3. The van der Waals surface area contributed by atoms with Crippen LogP contribution < -0.4 is 5.46 Å². The van der Waals surface area contributed by atoms with Crippen LogP contribution >= 0.6 is 0 Å². The van der Waals surface area contributed by atoms with Crippen LogP contribution in [-0.4, -0.2) is 27.4 Å². The van der Waals surface area contributed by atoms with E-state index >= 15 is 0 Å². The Labute approximate surface area is 125 Å². The molecule has 0 heterocycles. The number of hydrogen-bond donors (Lipinski definition) is 4. The van der Waals surface area contributed by atoms with E-state index in [0.717, 1.165) is 18.4 Å². The van der Waals surface area contributed by atoms with E-state index in [1.807, 2.05) is 19.1 Å². The average molecular weight is 288 g/mol. The average Bonchev–Trinajstić information content (AvgIpc) is 2.50. The molecule has 4 nitrogen and oxygen atoms in total. The molecule has 0 unspecified atom stereocenters. The Hall–Kier alpha value is -1.98. The van der Waals surface area contributed by atoms with Crippen molar-refractivity contribution in [3.05, 3.63) is 53.6 Å². The van der Waals surface area contributed by atoms with E-state index in [1.165, 1.54) is 11.6 Å². The van der Waals surface area contributed by atoms with Crippen LogP contribution in [-0.2, 0) is 12.8 Å². The van der Waals surface area contributed by atoms with E-state index in [-0.39, 0.29) is 11.5 Å². The summed E-state index contributed by atoms with van der Waals surface area (Å²) < 4.78 is 0. The van der Waals surface area contributed by atoms with Gasteiger partial charge in [-0.2, -0.15) is 0 Å². The van der Waals surface area contributed by atoms with Crippen LogP contribution in [0.3, 0.4) is 0 Å². The Morgan fingerprint density at radius 2 is 1.29 bits per heavy atom. The Balaban J connectivity index is 0.000000211. The highest BCUT2D eigenvalue weighted by Gasteiger charge is 2.08. The molecule has 0 saturated heterocycles. The largest absolute Gasteiger partial charge is 0.504 e. The van der Waals surface area contributed by atoms with Gasteiger partial charge in [-0.3, -0.25) is 0 Å². The van der Waals surface area contributed by atoms with Gasteiger partial charge in [0, 0.05) is 0 Å². The van der Waals surface area contributed by atoms with Gasteiger partial charge in [0.2, 0.25) is 0 Å². The van der Waals surface area contributed by atoms with Crippen molar-refractivity contribution in [1.82, 2.24) is 0 Å². The molecule has 2 aromatic rings. The number of rotatable bonds is 3. The van der Waals surface area contributed by atoms with E-state index in [4.69, 9.17) is 20.3 Å². The van der Waals surface area contributed by atoms with Gasteiger partial charge in [-0.1, -0.05) is 44.2 Å². The summed E-state index contributed by atoms with van der Waals surface area (Å²) in [6, 6.07) is 12.1. The van der Waals surface area contributed by atoms with Crippen LogP contribution in [0.5, 0.6) is 11.5 Å². The van der Waals surface area contributed by atoms with Crippen LogP contribution in [0.1, 0.15) is 25.0 Å². The molecule has 0 aliphatic rings. The minimum Gasteiger partial charge on any atom is -0.504 e. The second kappa shape index (κ2) is 8.34. The number of phenols is 2. The quantitative estimate of drug-likeness (QED) is 0.511. The van der Waals surface area contributed by atoms with E-state index in [2.05, 4.69) is 6.92 Å². The molecule has 0 aliphatic carbocycles. The molecule has 2 aromatic carbocycles. The first-order valence-electron chi connectivity index (χ1n) is 6.93. The van der Waals surface area contributed by atoms with Crippen molar-refractivity contribution in [1.29, 1.82) is 0 Å². The molecule has 0 amide bonds. The van der Waals surface area contributed by atoms with Gasteiger partial charge >= 0.3 is 7.12 Å². The standard InChI is InChI=1S/C8H11BO2.C8H10O2/c1-2-7-3-5-8(6-4-7)9(10)11;1-2-6-3-4-7(9)8(10)5-6/h3-6,10-11H,2H2,1H3;3-5,9-10H,2H2,1H3. The number of aryl methyl sites for hydroxylation is 2. The molecule has 0 radical (unpaired) electrons. The van der Waals surface area contributed by atoms with Crippen LogP contribution in [0.15, 0.2) is 42.5 Å². The summed E-state index contributed by atoms with van der Waals surface area (Å²) in [4.78, 5) is 0. The highest BCUT2D eigenvalue weighted by molar-refractivity contribution is 6.58. The van der Waals surface area contributed by atoms with E-state index < -0.39 is 7.12 Å². The van der Waals surface area contributed by atoms with Crippen molar-refractivity contribution in [2.75, 3.05) is 0 Å². The highest BCUT2D eigenvalue weighted by atomic mass is 16.4. The number of hydrogen-bond acceptors (Lipinski definition) is 4. The maximum Gasteiger partial charge on any atom is 0.488 e. The van der Waals surface area contributed by atoms with E-state index in [9.17, 15) is 0 Å². The van der Waals surface area contributed by atoms with Gasteiger partial charge in [-0.15, -0.1) is 0 Å². The van der Waals surface area contributed by atoms with Gasteiger partial charge in [0.05, 0.1) is 0 Å². The van der Waals surface area contributed by atoms with Crippen molar-refractivity contribution in [2.24, 2.45) is 0 Å². The van der Waals surface area contributed by atoms with Crippen LogP contribution in [0.25, 0.3) is 0 Å². The SMILES string of the molecule is CCc1ccc(B(O)O)cc1.CCc1ccc(O)c(O)c1. The van der Waals surface area contributed by atoms with Crippen LogP contribution in [0, 0.1) is 0 Å². The smallest absolute Gasteiger partial charge is 0.488 e. The first kappa shape index (κ1) is 17.1. The van der Waals surface area contributed by atoms with Crippen molar-refractivity contribution in [3.8, 4) is 11.5 Å². The predicted octanol–water partition coefficient (Wildman–Crippen LogP) is 1.59. The molecule has 0 spiro atoms. The zero-order valence-electron chi connectivity index (χ0n) is 12.3. The lowest BCUT2D eigenvalue weighted by molar-refractivity contribution is 0.403. The summed E-state index contributed by atoms with van der Waals surface area (Å²) >= 11 is 0. The molecule has 0 aromatic heterocycles. The lowest BCUT2D eigenvalue weighted by Gasteiger charge is -1.99. The first-order valence-corrected chi connectivity index (χ1v) is 6.93. The third-order valence-electron chi connectivity index (χ3n) is 3.13. The molecule has 2 rings (SSSR count). The molecule has 21 heavy (non-hydrogen) atoms. The van der Waals surface area contributed by atoms with Gasteiger partial charge in [0.15, 0.2) is 11.5 Å². The molecule has 4 N–H and O–H groups in total. The minimum atomic E-state index is -1.35. The monoisotopic (exact) mass is 288 g/mol. The lowest BCUT2D eigenvalue weighted by atomic mass is 9.80. The highest BCUT2D eigenvalue weighted by Crippen LogP contribution is 2.24. The molecule has 0 atom stereocenters. The van der Waals surface area contributed by atoms with Crippen molar-refractivity contribution in [2.45, 2.75) is 26.7 Å². The molecule has 0 bridgehead atoms. The Kier molecular flexibility index (Phi) is 6.78. The molecule has 0 saturated carbocycles. The third kappa shape index (κ3) is 5.49. The van der Waals surface area contributed by atoms with Crippen molar-refractivity contribution >= 4 is 12.6 Å². The van der Waals surface area contributed by atoms with Gasteiger partial charge in [-0.25, -0.2) is 0 Å². The van der Waals surface area contributed by atoms with E-state index in [0.29, 0.717) is 5.46 Å². The van der Waals surface area contributed by atoms with Gasteiger partial charge < -0.3 is 20.3 Å². The summed E-state index contributed by atoms with van der Waals surface area (Å²) in [6.07, 6.45) is 1.84. The molecule has 5 heteroatoms. The zero-order chi connectivity index (χ0) is 15.8. The van der Waals surface area contributed by atoms with Gasteiger partial charge in [0.1, 0.15) is 0 Å². The van der Waals surface area contributed by atoms with Crippen LogP contribution in [0.2, 0.25) is 0 Å². The second-order valence-corrected chi connectivity index (χ2v) is 4.65. The fourth-order valence-electron chi connectivity index (χ4n) is 1.71. The summed E-state index contributed by atoms with van der Waals surface area (Å²) in [5.41, 5.74) is 2.77. The number of benzene rings is 2. The predicted molar refractivity (Wildman–Crippen MR) is 84.8 cm³/mol. The molecule has 0 fully saturated rings. The molecule has 112 valence electrons. The summed E-state index contributed by atoms with van der Waals surface area (Å²) in [5, 5.41) is 35.4. The van der Waals surface area contributed by atoms with Crippen molar-refractivity contribution in [3.63, 3.8) is 0 Å². The summed E-state index contributed by atoms with van der Waals surface area (Å²) in [6.45, 7) is 4.05. The second-order valence-electron chi connectivity index (χ2n) is 4.65. The minimum absolute atomic E-state index is 0.0423. The normalized spacial score (nSPS) is 9.71.